The summed E-state index contributed by atoms with van der Waals surface area (Å²) in [6.45, 7) is 7.21. The zero-order chi connectivity index (χ0) is 26.9. The molecular weight excluding hydrogens is 484 g/mol. The number of aryl methyl sites for hydroxylation is 3. The van der Waals surface area contributed by atoms with Gasteiger partial charge in [-0.2, -0.15) is 5.10 Å². The number of likely N-dealkylation sites (tertiary alicyclic amines) is 1. The highest BCUT2D eigenvalue weighted by molar-refractivity contribution is 6.07. The molecule has 38 heavy (non-hydrogen) atoms. The van der Waals surface area contributed by atoms with Gasteiger partial charge in [0.05, 0.1) is 5.52 Å². The van der Waals surface area contributed by atoms with Gasteiger partial charge in [0.1, 0.15) is 24.1 Å². The fourth-order valence-electron chi connectivity index (χ4n) is 5.95. The van der Waals surface area contributed by atoms with Crippen molar-refractivity contribution in [2.45, 2.75) is 72.0 Å². The van der Waals surface area contributed by atoms with Crippen LogP contribution in [0.2, 0.25) is 0 Å². The molecule has 3 aromatic rings. The number of carbonyl (C=O) groups excluding carboxylic acids is 4. The number of rotatable bonds is 5. The number of ketones is 1. The lowest BCUT2D eigenvalue weighted by Gasteiger charge is -2.27. The average molecular weight is 515 g/mol. The maximum atomic E-state index is 13.8. The second-order valence-electron chi connectivity index (χ2n) is 11.1. The normalized spacial score (nSPS) is 23.6. The van der Waals surface area contributed by atoms with Crippen molar-refractivity contribution in [1.82, 2.24) is 19.7 Å². The SMILES string of the molecule is CC(=O)c1nn(CC(=O)N2[C@H](C(=O)Nc3nc(C)ccc3C)C[C@@]3(C)C[C@@H]23)c2cc3c(cc12)NC(=O)CC3. The van der Waals surface area contributed by atoms with Crippen LogP contribution in [0, 0.1) is 19.3 Å². The van der Waals surface area contributed by atoms with Crippen molar-refractivity contribution >= 4 is 45.9 Å². The summed E-state index contributed by atoms with van der Waals surface area (Å²) in [4.78, 5) is 57.6. The summed E-state index contributed by atoms with van der Waals surface area (Å²) in [5, 5.41) is 10.9. The van der Waals surface area contributed by atoms with E-state index < -0.39 is 6.04 Å². The highest BCUT2D eigenvalue weighted by atomic mass is 16.2. The molecule has 1 saturated heterocycles. The molecule has 2 N–H and O–H groups in total. The van der Waals surface area contributed by atoms with Gasteiger partial charge in [-0.25, -0.2) is 4.98 Å². The molecule has 3 atom stereocenters. The Balaban J connectivity index is 1.30. The number of pyridine rings is 1. The van der Waals surface area contributed by atoms with E-state index in [9.17, 15) is 19.2 Å². The predicted molar refractivity (Wildman–Crippen MR) is 141 cm³/mol. The first-order chi connectivity index (χ1) is 18.0. The lowest BCUT2D eigenvalue weighted by molar-refractivity contribution is -0.138. The summed E-state index contributed by atoms with van der Waals surface area (Å²) in [7, 11) is 0. The van der Waals surface area contributed by atoms with Gasteiger partial charge in [-0.1, -0.05) is 13.0 Å². The summed E-state index contributed by atoms with van der Waals surface area (Å²) < 4.78 is 1.56. The van der Waals surface area contributed by atoms with E-state index >= 15 is 0 Å². The number of fused-ring (bicyclic) bond motifs is 3. The molecule has 196 valence electrons. The largest absolute Gasteiger partial charge is 0.326 e. The van der Waals surface area contributed by atoms with Crippen LogP contribution in [0.25, 0.3) is 10.9 Å². The van der Waals surface area contributed by atoms with Crippen molar-refractivity contribution in [3.05, 3.63) is 46.8 Å². The van der Waals surface area contributed by atoms with Gasteiger partial charge in [0.2, 0.25) is 17.7 Å². The second kappa shape index (κ2) is 8.47. The second-order valence-corrected chi connectivity index (χ2v) is 11.1. The fourth-order valence-corrected chi connectivity index (χ4v) is 5.95. The first-order valence-corrected chi connectivity index (χ1v) is 12.9. The van der Waals surface area contributed by atoms with Crippen LogP contribution in [-0.2, 0) is 27.3 Å². The Morgan fingerprint density at radius 1 is 1.16 bits per heavy atom. The van der Waals surface area contributed by atoms with Crippen LogP contribution in [-0.4, -0.2) is 55.3 Å². The van der Waals surface area contributed by atoms with Gasteiger partial charge in [0.25, 0.3) is 0 Å². The van der Waals surface area contributed by atoms with E-state index in [0.717, 1.165) is 23.2 Å². The quantitative estimate of drug-likeness (QED) is 0.504. The van der Waals surface area contributed by atoms with Crippen LogP contribution >= 0.6 is 0 Å². The smallest absolute Gasteiger partial charge is 0.248 e. The number of piperidine rings is 1. The van der Waals surface area contributed by atoms with E-state index in [0.29, 0.717) is 41.7 Å². The van der Waals surface area contributed by atoms with Gasteiger partial charge in [-0.3, -0.25) is 23.9 Å². The number of nitrogens with one attached hydrogen (secondary N) is 2. The van der Waals surface area contributed by atoms with Crippen LogP contribution < -0.4 is 10.6 Å². The first kappa shape index (κ1) is 24.3. The van der Waals surface area contributed by atoms with Gasteiger partial charge >= 0.3 is 0 Å². The zero-order valence-corrected chi connectivity index (χ0v) is 21.9. The number of benzene rings is 1. The third-order valence-electron chi connectivity index (χ3n) is 8.19. The van der Waals surface area contributed by atoms with E-state index in [-0.39, 0.29) is 47.2 Å². The van der Waals surface area contributed by atoms with Crippen molar-refractivity contribution in [2.24, 2.45) is 5.41 Å². The van der Waals surface area contributed by atoms with Crippen LogP contribution in [0.1, 0.15) is 60.4 Å². The Morgan fingerprint density at radius 3 is 2.71 bits per heavy atom. The minimum atomic E-state index is -0.606. The summed E-state index contributed by atoms with van der Waals surface area (Å²) in [6.07, 6.45) is 2.40. The fraction of sp³-hybridized carbons (Fsp3) is 0.429. The monoisotopic (exact) mass is 514 g/mol. The van der Waals surface area contributed by atoms with E-state index in [1.165, 1.54) is 6.92 Å². The van der Waals surface area contributed by atoms with E-state index in [2.05, 4.69) is 27.6 Å². The molecule has 3 amide bonds. The number of Topliss-reactive ketones (excluding diaryl/α,β-unsaturated/α-hetero) is 1. The molecule has 0 spiro atoms. The van der Waals surface area contributed by atoms with Crippen molar-refractivity contribution in [1.29, 1.82) is 0 Å². The number of carbonyl (C=O) groups is 4. The van der Waals surface area contributed by atoms with Gasteiger partial charge in [-0.05, 0) is 67.9 Å². The Hall–Kier alpha value is -4.08. The predicted octanol–water partition coefficient (Wildman–Crippen LogP) is 3.15. The summed E-state index contributed by atoms with van der Waals surface area (Å²) in [5.74, 6) is -0.235. The Bertz CT molecular complexity index is 1560. The van der Waals surface area contributed by atoms with Gasteiger partial charge in [0, 0.05) is 36.2 Å². The number of anilines is 2. The lowest BCUT2D eigenvalue weighted by Crippen LogP contribution is -2.47. The molecule has 1 aliphatic carbocycles. The molecule has 3 aliphatic rings. The van der Waals surface area contributed by atoms with Crippen LogP contribution in [0.4, 0.5) is 11.5 Å². The van der Waals surface area contributed by atoms with Crippen molar-refractivity contribution in [3.8, 4) is 0 Å². The van der Waals surface area contributed by atoms with Crippen molar-refractivity contribution in [3.63, 3.8) is 0 Å². The molecule has 0 bridgehead atoms. The maximum Gasteiger partial charge on any atom is 0.248 e. The minimum absolute atomic E-state index is 0.00519. The van der Waals surface area contributed by atoms with E-state index in [4.69, 9.17) is 0 Å². The molecule has 0 unspecified atom stereocenters. The summed E-state index contributed by atoms with van der Waals surface area (Å²) in [5.41, 5.74) is 4.10. The summed E-state index contributed by atoms with van der Waals surface area (Å²) >= 11 is 0. The van der Waals surface area contributed by atoms with Gasteiger partial charge < -0.3 is 15.5 Å². The molecule has 2 aromatic heterocycles. The van der Waals surface area contributed by atoms with Crippen molar-refractivity contribution in [2.75, 3.05) is 10.6 Å². The number of amides is 3. The molecule has 2 fully saturated rings. The molecular formula is C28H30N6O4. The molecule has 10 nitrogen and oxygen atoms in total. The minimum Gasteiger partial charge on any atom is -0.326 e. The maximum absolute atomic E-state index is 13.8. The topological polar surface area (TPSA) is 126 Å². The van der Waals surface area contributed by atoms with E-state index in [1.54, 1.807) is 15.6 Å². The van der Waals surface area contributed by atoms with Crippen LogP contribution in [0.5, 0.6) is 0 Å². The van der Waals surface area contributed by atoms with Crippen molar-refractivity contribution < 1.29 is 19.2 Å². The number of aromatic nitrogens is 3. The summed E-state index contributed by atoms with van der Waals surface area (Å²) in [6, 6.07) is 6.86. The highest BCUT2D eigenvalue weighted by Crippen LogP contribution is 2.59. The van der Waals surface area contributed by atoms with Crippen LogP contribution in [0.15, 0.2) is 24.3 Å². The molecule has 6 rings (SSSR count). The Kier molecular flexibility index (Phi) is 5.41. The highest BCUT2D eigenvalue weighted by Gasteiger charge is 2.64. The van der Waals surface area contributed by atoms with E-state index in [1.807, 2.05) is 32.0 Å². The molecule has 10 heteroatoms. The molecule has 0 radical (unpaired) electrons. The molecule has 4 heterocycles. The molecule has 1 saturated carbocycles. The lowest BCUT2D eigenvalue weighted by atomic mass is 10.00. The number of hydrogen-bond donors (Lipinski definition) is 2. The van der Waals surface area contributed by atoms with Gasteiger partial charge in [0.15, 0.2) is 5.78 Å². The Morgan fingerprint density at radius 2 is 1.95 bits per heavy atom. The van der Waals surface area contributed by atoms with Gasteiger partial charge in [-0.15, -0.1) is 0 Å². The molecule has 1 aromatic carbocycles. The van der Waals surface area contributed by atoms with Crippen LogP contribution in [0.3, 0.4) is 0 Å². The number of hydrogen-bond acceptors (Lipinski definition) is 6. The third-order valence-corrected chi connectivity index (χ3v) is 8.19. The average Bonchev–Trinajstić information content (AvgIpc) is 3.23. The molecule has 2 aliphatic heterocycles. The zero-order valence-electron chi connectivity index (χ0n) is 21.9. The first-order valence-electron chi connectivity index (χ1n) is 12.9. The number of nitrogens with zero attached hydrogens (tertiary/aromatic N) is 4. The third kappa shape index (κ3) is 3.95. The standard InChI is InChI=1S/C28H30N6O4/c1-14-5-6-15(2)29-26(14)31-27(38)21-11-28(4)12-22(28)34(21)24(37)13-33-20-9-17-7-8-23(36)30-19(17)10-18(20)25(32-33)16(3)35/h5-6,9-10,21-22H,7-8,11-13H2,1-4H3,(H,30,36)(H,29,31,38)/t21-,22+,28-/m0/s1. The Labute approximate surface area is 219 Å².